The first-order chi connectivity index (χ1) is 26.0. The Balaban J connectivity index is 1.04. The molecule has 53 heavy (non-hydrogen) atoms. The molecule has 4 heteroatoms. The zero-order valence-corrected chi connectivity index (χ0v) is 33.8. The Hall–Kier alpha value is -3.86. The van der Waals surface area contributed by atoms with Crippen LogP contribution in [-0.2, 0) is 0 Å². The van der Waals surface area contributed by atoms with Gasteiger partial charge in [0.1, 0.15) is 11.2 Å². The van der Waals surface area contributed by atoms with Crippen molar-refractivity contribution >= 4 is 77.2 Å². The predicted octanol–water partition coefficient (Wildman–Crippen LogP) is 17.1. The number of thiophene rings is 2. The van der Waals surface area contributed by atoms with Crippen molar-refractivity contribution in [3.05, 3.63) is 94.7 Å². The molecule has 8 rings (SSSR count). The standard InChI is InChI=1S/C49H55NOS2/c1-5-7-9-11-13-15-17-33(4)44-26-28-46(52-44)34-18-24-42-40(30-34)37-21-22-38-36(48(37)50-42)20-23-39-41-31-35(19-25-43(41)51-49(38)39)47-29-27-45(53-47)32(3)16-14-12-10-8-6-2/h18-33,50H,5-17H2,1-4H3. The molecule has 0 fully saturated rings. The minimum atomic E-state index is 0.616. The minimum absolute atomic E-state index is 0.616. The van der Waals surface area contributed by atoms with Gasteiger partial charge in [-0.2, -0.15) is 0 Å². The first-order valence-corrected chi connectivity index (χ1v) is 22.2. The molecule has 0 aliphatic heterocycles. The van der Waals surface area contributed by atoms with Crippen LogP contribution in [0.15, 0.2) is 89.3 Å². The summed E-state index contributed by atoms with van der Waals surface area (Å²) in [5.41, 5.74) is 6.87. The van der Waals surface area contributed by atoms with E-state index in [0.717, 1.165) is 16.6 Å². The zero-order valence-electron chi connectivity index (χ0n) is 32.2. The number of furan rings is 1. The summed E-state index contributed by atoms with van der Waals surface area (Å²) in [4.78, 5) is 9.51. The van der Waals surface area contributed by atoms with Gasteiger partial charge in [0.2, 0.25) is 0 Å². The lowest BCUT2D eigenvalue weighted by Gasteiger charge is -2.09. The Labute approximate surface area is 323 Å². The van der Waals surface area contributed by atoms with Crippen LogP contribution in [-0.4, -0.2) is 4.98 Å². The monoisotopic (exact) mass is 737 g/mol. The van der Waals surface area contributed by atoms with Crippen LogP contribution in [0.3, 0.4) is 0 Å². The molecule has 4 aromatic heterocycles. The Bertz CT molecular complexity index is 2470. The van der Waals surface area contributed by atoms with Crippen LogP contribution in [0.2, 0.25) is 0 Å². The molecular weight excluding hydrogens is 683 g/mol. The van der Waals surface area contributed by atoms with Crippen molar-refractivity contribution in [2.24, 2.45) is 0 Å². The van der Waals surface area contributed by atoms with Crippen LogP contribution in [0.5, 0.6) is 0 Å². The van der Waals surface area contributed by atoms with E-state index in [1.165, 1.54) is 152 Å². The first kappa shape index (κ1) is 36.1. The predicted molar refractivity (Wildman–Crippen MR) is 235 cm³/mol. The van der Waals surface area contributed by atoms with Crippen molar-refractivity contribution in [3.8, 4) is 20.9 Å². The van der Waals surface area contributed by atoms with Gasteiger partial charge in [-0.1, -0.05) is 117 Å². The fourth-order valence-electron chi connectivity index (χ4n) is 8.43. The molecular formula is C49H55NOS2. The van der Waals surface area contributed by atoms with Gasteiger partial charge < -0.3 is 9.40 Å². The normalized spacial score (nSPS) is 13.4. The molecule has 0 aliphatic carbocycles. The van der Waals surface area contributed by atoms with Gasteiger partial charge in [-0.05, 0) is 103 Å². The molecule has 0 spiro atoms. The largest absolute Gasteiger partial charge is 0.455 e. The zero-order chi connectivity index (χ0) is 36.3. The average Bonchev–Trinajstić information content (AvgIpc) is 4.00. The van der Waals surface area contributed by atoms with Gasteiger partial charge in [0.25, 0.3) is 0 Å². The number of hydrogen-bond acceptors (Lipinski definition) is 3. The quantitative estimate of drug-likeness (QED) is 0.0926. The highest BCUT2D eigenvalue weighted by molar-refractivity contribution is 7.15. The number of rotatable bonds is 17. The van der Waals surface area contributed by atoms with Gasteiger partial charge in [0.05, 0.1) is 5.52 Å². The summed E-state index contributed by atoms with van der Waals surface area (Å²) < 4.78 is 6.63. The van der Waals surface area contributed by atoms with E-state index in [4.69, 9.17) is 4.42 Å². The Kier molecular flexibility index (Phi) is 11.1. The molecule has 0 amide bonds. The second-order valence-electron chi connectivity index (χ2n) is 15.7. The third-order valence-electron chi connectivity index (χ3n) is 11.7. The highest BCUT2D eigenvalue weighted by Gasteiger charge is 2.17. The molecule has 0 radical (unpaired) electrons. The van der Waals surface area contributed by atoms with E-state index in [1.54, 1.807) is 0 Å². The molecule has 4 aromatic carbocycles. The summed E-state index contributed by atoms with van der Waals surface area (Å²) in [6.45, 7) is 9.38. The van der Waals surface area contributed by atoms with Crippen LogP contribution in [0.25, 0.3) is 75.4 Å². The van der Waals surface area contributed by atoms with E-state index >= 15 is 0 Å². The van der Waals surface area contributed by atoms with Crippen molar-refractivity contribution in [1.82, 2.24) is 4.98 Å². The SMILES string of the molecule is CCCCCCCCC(C)c1ccc(-c2ccc3[nH]c4c(ccc5c4ccc4c6cc(-c7ccc(C(C)CCCCCCC)s7)ccc6oc45)c3c2)s1. The Morgan fingerprint density at radius 2 is 1.02 bits per heavy atom. The molecule has 2 unspecified atom stereocenters. The highest BCUT2D eigenvalue weighted by Crippen LogP contribution is 2.42. The molecule has 1 N–H and O–H groups in total. The van der Waals surface area contributed by atoms with E-state index in [-0.39, 0.29) is 0 Å². The maximum absolute atomic E-state index is 6.63. The Morgan fingerprint density at radius 3 is 1.64 bits per heavy atom. The van der Waals surface area contributed by atoms with E-state index in [2.05, 4.69) is 118 Å². The van der Waals surface area contributed by atoms with Crippen LogP contribution < -0.4 is 0 Å². The van der Waals surface area contributed by atoms with Gasteiger partial charge in [-0.25, -0.2) is 0 Å². The molecule has 2 atom stereocenters. The van der Waals surface area contributed by atoms with E-state index in [0.29, 0.717) is 11.8 Å². The van der Waals surface area contributed by atoms with Crippen LogP contribution in [0, 0.1) is 0 Å². The first-order valence-electron chi connectivity index (χ1n) is 20.6. The van der Waals surface area contributed by atoms with Crippen LogP contribution in [0.1, 0.15) is 133 Å². The van der Waals surface area contributed by atoms with Crippen LogP contribution >= 0.6 is 22.7 Å². The molecule has 0 bridgehead atoms. The van der Waals surface area contributed by atoms with Crippen LogP contribution in [0.4, 0.5) is 0 Å². The summed E-state index contributed by atoms with van der Waals surface area (Å²) in [5.74, 6) is 1.24. The summed E-state index contributed by atoms with van der Waals surface area (Å²) in [6.07, 6.45) is 17.5. The van der Waals surface area contributed by atoms with E-state index < -0.39 is 0 Å². The molecule has 0 saturated heterocycles. The summed E-state index contributed by atoms with van der Waals surface area (Å²) >= 11 is 3.93. The second kappa shape index (κ2) is 16.2. The maximum atomic E-state index is 6.63. The second-order valence-corrected chi connectivity index (χ2v) is 17.9. The highest BCUT2D eigenvalue weighted by atomic mass is 32.1. The average molecular weight is 738 g/mol. The number of H-pyrrole nitrogens is 1. The lowest BCUT2D eigenvalue weighted by Crippen LogP contribution is -1.90. The third kappa shape index (κ3) is 7.47. The topological polar surface area (TPSA) is 28.9 Å². The number of nitrogens with one attached hydrogen (secondary N) is 1. The lowest BCUT2D eigenvalue weighted by molar-refractivity contribution is 0.560. The van der Waals surface area contributed by atoms with Crippen molar-refractivity contribution in [1.29, 1.82) is 0 Å². The number of hydrogen-bond donors (Lipinski definition) is 1. The fraction of sp³-hybridized carbons (Fsp3) is 0.388. The van der Waals surface area contributed by atoms with Crippen molar-refractivity contribution in [2.75, 3.05) is 0 Å². The van der Waals surface area contributed by atoms with Gasteiger partial charge in [0.15, 0.2) is 0 Å². The van der Waals surface area contributed by atoms with Gasteiger partial charge in [0, 0.05) is 57.3 Å². The van der Waals surface area contributed by atoms with Gasteiger partial charge >= 0.3 is 0 Å². The number of fused-ring (bicyclic) bond motifs is 9. The number of aromatic amines is 1. The van der Waals surface area contributed by atoms with Gasteiger partial charge in [-0.15, -0.1) is 22.7 Å². The minimum Gasteiger partial charge on any atom is -0.455 e. The lowest BCUT2D eigenvalue weighted by atomic mass is 10.0. The summed E-state index contributed by atoms with van der Waals surface area (Å²) in [5, 5.41) is 7.29. The summed E-state index contributed by atoms with van der Waals surface area (Å²) in [6, 6.07) is 32.2. The van der Waals surface area contributed by atoms with Crippen molar-refractivity contribution in [3.63, 3.8) is 0 Å². The number of unbranched alkanes of at least 4 members (excludes halogenated alkanes) is 9. The molecule has 8 aromatic rings. The molecule has 2 nitrogen and oxygen atoms in total. The van der Waals surface area contributed by atoms with E-state index in [1.807, 2.05) is 22.7 Å². The Morgan fingerprint density at radius 1 is 0.509 bits per heavy atom. The van der Waals surface area contributed by atoms with Gasteiger partial charge in [-0.3, -0.25) is 0 Å². The summed E-state index contributed by atoms with van der Waals surface area (Å²) in [7, 11) is 0. The molecule has 4 heterocycles. The molecule has 0 aliphatic rings. The van der Waals surface area contributed by atoms with Crippen molar-refractivity contribution < 1.29 is 4.42 Å². The fourth-order valence-corrected chi connectivity index (χ4v) is 10.6. The third-order valence-corrected chi connectivity index (χ3v) is 14.5. The number of benzene rings is 4. The maximum Gasteiger partial charge on any atom is 0.143 e. The molecule has 0 saturated carbocycles. The molecule has 274 valence electrons. The van der Waals surface area contributed by atoms with E-state index in [9.17, 15) is 0 Å². The number of aromatic nitrogens is 1. The van der Waals surface area contributed by atoms with Crippen molar-refractivity contribution in [2.45, 2.75) is 123 Å². The smallest absolute Gasteiger partial charge is 0.143 e.